The van der Waals surface area contributed by atoms with Gasteiger partial charge in [0, 0.05) is 4.47 Å². The molecule has 9 heteroatoms. The number of imide groups is 1. The molecule has 0 bridgehead atoms. The molecule has 2 heterocycles. The highest BCUT2D eigenvalue weighted by molar-refractivity contribution is 9.10. The zero-order chi connectivity index (χ0) is 18.1. The number of amides is 2. The van der Waals surface area contributed by atoms with Gasteiger partial charge < -0.3 is 14.2 Å². The van der Waals surface area contributed by atoms with Crippen molar-refractivity contribution < 1.29 is 28.6 Å². The summed E-state index contributed by atoms with van der Waals surface area (Å²) >= 11 is 4.19. The van der Waals surface area contributed by atoms with Crippen molar-refractivity contribution in [2.75, 3.05) is 13.4 Å². The molecule has 2 amide bonds. The fourth-order valence-electron chi connectivity index (χ4n) is 2.37. The van der Waals surface area contributed by atoms with E-state index in [-0.39, 0.29) is 18.3 Å². The van der Waals surface area contributed by atoms with E-state index in [4.69, 9.17) is 14.2 Å². The Morgan fingerprint density at radius 3 is 2.76 bits per heavy atom. The van der Waals surface area contributed by atoms with Crippen LogP contribution in [0.2, 0.25) is 0 Å². The van der Waals surface area contributed by atoms with Crippen LogP contribution in [0.3, 0.4) is 0 Å². The molecule has 0 aromatic heterocycles. The Labute approximate surface area is 156 Å². The lowest BCUT2D eigenvalue weighted by atomic mass is 10.2. The lowest BCUT2D eigenvalue weighted by Crippen LogP contribution is -2.42. The summed E-state index contributed by atoms with van der Waals surface area (Å²) in [6.07, 6.45) is 1.58. The number of nitrogens with zero attached hydrogens (tertiary/aromatic N) is 1. The van der Waals surface area contributed by atoms with Crippen molar-refractivity contribution in [3.05, 3.63) is 27.1 Å². The van der Waals surface area contributed by atoms with Crippen LogP contribution in [-0.4, -0.2) is 41.5 Å². The summed E-state index contributed by atoms with van der Waals surface area (Å²) in [6.45, 7) is 3.45. The SMILES string of the molecule is CCOC(=O)C(C)N1C(=O)S/C(=C\c2cc3c(cc2Br)OCO3)C1=O. The third-order valence-electron chi connectivity index (χ3n) is 3.62. The Hall–Kier alpha value is -2.00. The minimum absolute atomic E-state index is 0.138. The molecule has 2 aliphatic rings. The summed E-state index contributed by atoms with van der Waals surface area (Å²) in [6, 6.07) is 2.48. The number of hydrogen-bond donors (Lipinski definition) is 0. The first kappa shape index (κ1) is 17.8. The van der Waals surface area contributed by atoms with Crippen LogP contribution < -0.4 is 9.47 Å². The minimum Gasteiger partial charge on any atom is -0.464 e. The van der Waals surface area contributed by atoms with Crippen LogP contribution in [-0.2, 0) is 14.3 Å². The second kappa shape index (κ2) is 7.09. The van der Waals surface area contributed by atoms with Gasteiger partial charge in [0.1, 0.15) is 6.04 Å². The molecule has 1 aromatic rings. The fraction of sp³-hybridized carbons (Fsp3) is 0.312. The molecule has 0 saturated carbocycles. The number of esters is 1. The van der Waals surface area contributed by atoms with Gasteiger partial charge in [-0.15, -0.1) is 0 Å². The molecule has 1 fully saturated rings. The van der Waals surface area contributed by atoms with E-state index >= 15 is 0 Å². The number of thioether (sulfide) groups is 1. The number of carbonyl (C=O) groups excluding carboxylic acids is 3. The number of hydrogen-bond acceptors (Lipinski definition) is 7. The van der Waals surface area contributed by atoms with Gasteiger partial charge in [-0.25, -0.2) is 4.79 Å². The van der Waals surface area contributed by atoms with E-state index in [1.807, 2.05) is 0 Å². The second-order valence-corrected chi connectivity index (χ2v) is 7.05. The first-order valence-corrected chi connectivity index (χ1v) is 9.06. The van der Waals surface area contributed by atoms with E-state index in [2.05, 4.69) is 15.9 Å². The number of carbonyl (C=O) groups is 3. The van der Waals surface area contributed by atoms with Crippen molar-refractivity contribution in [3.63, 3.8) is 0 Å². The predicted octanol–water partition coefficient (Wildman–Crippen LogP) is 3.17. The number of fused-ring (bicyclic) bond motifs is 1. The van der Waals surface area contributed by atoms with Crippen molar-refractivity contribution >= 4 is 50.9 Å². The van der Waals surface area contributed by atoms with Crippen molar-refractivity contribution in [2.45, 2.75) is 19.9 Å². The van der Waals surface area contributed by atoms with Crippen LogP contribution >= 0.6 is 27.7 Å². The van der Waals surface area contributed by atoms with Crippen molar-refractivity contribution in [2.24, 2.45) is 0 Å². The second-order valence-electron chi connectivity index (χ2n) is 5.21. The zero-order valence-corrected chi connectivity index (χ0v) is 15.8. The topological polar surface area (TPSA) is 82.1 Å². The molecule has 0 N–H and O–H groups in total. The normalized spacial score (nSPS) is 18.8. The van der Waals surface area contributed by atoms with Crippen LogP contribution in [0.25, 0.3) is 6.08 Å². The highest BCUT2D eigenvalue weighted by Crippen LogP contribution is 2.40. The molecule has 1 saturated heterocycles. The molecular formula is C16H14BrNO6S. The predicted molar refractivity (Wildman–Crippen MR) is 94.2 cm³/mol. The number of halogens is 1. The molecule has 7 nitrogen and oxygen atoms in total. The summed E-state index contributed by atoms with van der Waals surface area (Å²) < 4.78 is 16.2. The summed E-state index contributed by atoms with van der Waals surface area (Å²) in [4.78, 5) is 37.7. The van der Waals surface area contributed by atoms with Gasteiger partial charge in [0.2, 0.25) is 6.79 Å². The van der Waals surface area contributed by atoms with Gasteiger partial charge in [-0.3, -0.25) is 14.5 Å². The molecule has 25 heavy (non-hydrogen) atoms. The van der Waals surface area contributed by atoms with Crippen molar-refractivity contribution in [1.29, 1.82) is 0 Å². The van der Waals surface area contributed by atoms with E-state index in [0.717, 1.165) is 16.7 Å². The molecule has 0 aliphatic carbocycles. The van der Waals surface area contributed by atoms with E-state index in [1.54, 1.807) is 25.1 Å². The average Bonchev–Trinajstić information content (AvgIpc) is 3.11. The summed E-state index contributed by atoms with van der Waals surface area (Å²) in [7, 11) is 0. The Morgan fingerprint density at radius 2 is 2.08 bits per heavy atom. The first-order valence-electron chi connectivity index (χ1n) is 7.45. The van der Waals surface area contributed by atoms with Gasteiger partial charge in [0.05, 0.1) is 11.5 Å². The lowest BCUT2D eigenvalue weighted by Gasteiger charge is -2.19. The largest absolute Gasteiger partial charge is 0.464 e. The van der Waals surface area contributed by atoms with E-state index in [0.29, 0.717) is 21.5 Å². The number of ether oxygens (including phenoxy) is 3. The highest BCUT2D eigenvalue weighted by atomic mass is 79.9. The Kier molecular flexibility index (Phi) is 5.05. The standard InChI is InChI=1S/C16H14BrNO6S/c1-3-22-15(20)8(2)18-14(19)13(25-16(18)21)5-9-4-11-12(6-10(9)17)24-7-23-11/h4-6,8H,3,7H2,1-2H3/b13-5-. The van der Waals surface area contributed by atoms with E-state index in [9.17, 15) is 14.4 Å². The third kappa shape index (κ3) is 3.38. The molecule has 0 radical (unpaired) electrons. The van der Waals surface area contributed by atoms with Crippen LogP contribution in [0.4, 0.5) is 4.79 Å². The highest BCUT2D eigenvalue weighted by Gasteiger charge is 2.41. The van der Waals surface area contributed by atoms with Crippen LogP contribution in [0.1, 0.15) is 19.4 Å². The van der Waals surface area contributed by atoms with E-state index in [1.165, 1.54) is 6.92 Å². The van der Waals surface area contributed by atoms with Gasteiger partial charge in [-0.1, -0.05) is 15.9 Å². The Morgan fingerprint density at radius 1 is 1.40 bits per heavy atom. The Bertz CT molecular complexity index is 793. The molecule has 0 spiro atoms. The first-order chi connectivity index (χ1) is 11.9. The lowest BCUT2D eigenvalue weighted by molar-refractivity contribution is -0.150. The van der Waals surface area contributed by atoms with Gasteiger partial charge in [0.25, 0.3) is 11.1 Å². The molecule has 1 aromatic carbocycles. The average molecular weight is 428 g/mol. The Balaban J connectivity index is 1.87. The maximum atomic E-state index is 12.6. The van der Waals surface area contributed by atoms with Crippen LogP contribution in [0, 0.1) is 0 Å². The molecule has 2 aliphatic heterocycles. The molecule has 1 atom stereocenters. The summed E-state index contributed by atoms with van der Waals surface area (Å²) in [5.74, 6) is 0.0251. The third-order valence-corrected chi connectivity index (χ3v) is 5.19. The molecule has 3 rings (SSSR count). The van der Waals surface area contributed by atoms with Gasteiger partial charge in [-0.05, 0) is 49.4 Å². The number of rotatable bonds is 4. The van der Waals surface area contributed by atoms with Crippen molar-refractivity contribution in [1.82, 2.24) is 4.90 Å². The fourth-order valence-corrected chi connectivity index (χ4v) is 3.70. The molecular weight excluding hydrogens is 414 g/mol. The number of benzene rings is 1. The molecule has 1 unspecified atom stereocenters. The summed E-state index contributed by atoms with van der Waals surface area (Å²) in [5, 5.41) is -0.506. The maximum absolute atomic E-state index is 12.6. The van der Waals surface area contributed by atoms with Crippen molar-refractivity contribution in [3.8, 4) is 11.5 Å². The smallest absolute Gasteiger partial charge is 0.329 e. The van der Waals surface area contributed by atoms with Crippen LogP contribution in [0.15, 0.2) is 21.5 Å². The van der Waals surface area contributed by atoms with Gasteiger partial charge in [-0.2, -0.15) is 0 Å². The van der Waals surface area contributed by atoms with Crippen LogP contribution in [0.5, 0.6) is 11.5 Å². The minimum atomic E-state index is -0.974. The molecule has 132 valence electrons. The zero-order valence-electron chi connectivity index (χ0n) is 13.4. The summed E-state index contributed by atoms with van der Waals surface area (Å²) in [5.41, 5.74) is 0.665. The maximum Gasteiger partial charge on any atom is 0.329 e. The quantitative estimate of drug-likeness (QED) is 0.538. The van der Waals surface area contributed by atoms with Gasteiger partial charge in [0.15, 0.2) is 11.5 Å². The van der Waals surface area contributed by atoms with Gasteiger partial charge >= 0.3 is 5.97 Å². The van der Waals surface area contributed by atoms with E-state index < -0.39 is 23.2 Å². The monoisotopic (exact) mass is 427 g/mol.